The summed E-state index contributed by atoms with van der Waals surface area (Å²) in [5.41, 5.74) is 0. The summed E-state index contributed by atoms with van der Waals surface area (Å²) in [7, 11) is 0. The Balaban J connectivity index is 4.82. The van der Waals surface area contributed by atoms with Crippen LogP contribution in [0.3, 0.4) is 0 Å². The van der Waals surface area contributed by atoms with Gasteiger partial charge in [-0.05, 0) is 0 Å². The molecule has 1 heteroatoms. The van der Waals surface area contributed by atoms with Crippen LogP contribution in [0.2, 0.25) is 15.8 Å². The molecule has 0 spiro atoms. The van der Waals surface area contributed by atoms with Crippen LogP contribution in [0, 0.1) is 17.8 Å². The molecular weight excluding hydrogens is 459 g/mol. The minimum atomic E-state index is -0.670. The Morgan fingerprint density at radius 1 is 0.324 bits per heavy atom. The van der Waals surface area contributed by atoms with E-state index in [4.69, 9.17) is 0 Å². The molecule has 0 N–H and O–H groups in total. The average molecular weight is 535 g/mol. The van der Waals surface area contributed by atoms with Crippen LogP contribution >= 0.6 is 0 Å². The van der Waals surface area contributed by atoms with Gasteiger partial charge in [-0.1, -0.05) is 229 Å². The van der Waals surface area contributed by atoms with Crippen molar-refractivity contribution in [2.45, 2.75) is 211 Å². The molecule has 0 fully saturated rings. The fourth-order valence-electron chi connectivity index (χ4n) is 6.81. The van der Waals surface area contributed by atoms with Crippen molar-refractivity contribution in [3.8, 4) is 0 Å². The first kappa shape index (κ1) is 37.5. The van der Waals surface area contributed by atoms with Crippen molar-refractivity contribution in [1.29, 1.82) is 0 Å². The lowest BCUT2D eigenvalue weighted by Crippen LogP contribution is -2.24. The standard InChI is InChI=1S/3C12H25.Al/c3*1-4-6-7-8-9-10-11-12(3)5-2;/h3*12H,3-11H2,1-2H3;. The molecule has 0 saturated carbocycles. The molecule has 0 aromatic heterocycles. The normalized spacial score (nSPS) is 14.1. The molecular formula is C36H75Al. The van der Waals surface area contributed by atoms with Crippen molar-refractivity contribution in [2.24, 2.45) is 17.8 Å². The van der Waals surface area contributed by atoms with Crippen LogP contribution in [0.5, 0.6) is 0 Å². The molecule has 0 bridgehead atoms. The zero-order chi connectivity index (χ0) is 27.4. The number of hydrogen-bond acceptors (Lipinski definition) is 0. The lowest BCUT2D eigenvalue weighted by atomic mass is 9.99. The summed E-state index contributed by atoms with van der Waals surface area (Å²) in [6, 6.07) is 0. The molecule has 0 nitrogen and oxygen atoms in total. The summed E-state index contributed by atoms with van der Waals surface area (Å²) in [5.74, 6) is 3.13. The summed E-state index contributed by atoms with van der Waals surface area (Å²) in [4.78, 5) is 0. The first-order valence-corrected chi connectivity index (χ1v) is 20.6. The van der Waals surface area contributed by atoms with E-state index in [1.54, 1.807) is 15.8 Å². The Kier molecular flexibility index (Phi) is 29.9. The molecule has 0 aromatic carbocycles. The second-order valence-corrected chi connectivity index (χ2v) is 16.2. The van der Waals surface area contributed by atoms with Gasteiger partial charge in [-0.15, -0.1) is 0 Å². The monoisotopic (exact) mass is 535 g/mol. The van der Waals surface area contributed by atoms with E-state index in [-0.39, 0.29) is 0 Å². The van der Waals surface area contributed by atoms with E-state index in [2.05, 4.69) is 41.5 Å². The summed E-state index contributed by atoms with van der Waals surface area (Å²) < 4.78 is 0. The molecule has 3 unspecified atom stereocenters. The van der Waals surface area contributed by atoms with Crippen LogP contribution in [0.4, 0.5) is 0 Å². The van der Waals surface area contributed by atoms with Gasteiger partial charge in [0.2, 0.25) is 0 Å². The maximum absolute atomic E-state index is 2.51. The van der Waals surface area contributed by atoms with Gasteiger partial charge < -0.3 is 0 Å². The van der Waals surface area contributed by atoms with Crippen LogP contribution < -0.4 is 0 Å². The van der Waals surface area contributed by atoms with Crippen molar-refractivity contribution in [2.75, 3.05) is 0 Å². The van der Waals surface area contributed by atoms with Crippen molar-refractivity contribution in [1.82, 2.24) is 0 Å². The van der Waals surface area contributed by atoms with E-state index < -0.39 is 14.1 Å². The average Bonchev–Trinajstić information content (AvgIpc) is 2.91. The van der Waals surface area contributed by atoms with Gasteiger partial charge in [0.25, 0.3) is 14.1 Å². The summed E-state index contributed by atoms with van der Waals surface area (Å²) in [6.45, 7) is 14.5. The van der Waals surface area contributed by atoms with Crippen molar-refractivity contribution in [3.63, 3.8) is 0 Å². The van der Waals surface area contributed by atoms with Crippen LogP contribution in [0.1, 0.15) is 196 Å². The summed E-state index contributed by atoms with van der Waals surface area (Å²) in [6.07, 6.45) is 35.3. The molecule has 0 aliphatic rings. The third kappa shape index (κ3) is 24.1. The van der Waals surface area contributed by atoms with Gasteiger partial charge in [-0.2, -0.15) is 0 Å². The predicted octanol–water partition coefficient (Wildman–Crippen LogP) is 13.8. The predicted molar refractivity (Wildman–Crippen MR) is 175 cm³/mol. The fraction of sp³-hybridized carbons (Fsp3) is 1.00. The van der Waals surface area contributed by atoms with Crippen LogP contribution in [-0.2, 0) is 0 Å². The van der Waals surface area contributed by atoms with Gasteiger partial charge in [0.15, 0.2) is 0 Å². The van der Waals surface area contributed by atoms with E-state index >= 15 is 0 Å². The van der Waals surface area contributed by atoms with Crippen LogP contribution in [-0.4, -0.2) is 14.1 Å². The Morgan fingerprint density at radius 3 is 0.811 bits per heavy atom. The second-order valence-electron chi connectivity index (χ2n) is 13.1. The third-order valence-corrected chi connectivity index (χ3v) is 13.6. The smallest absolute Gasteiger partial charge is 0.0910 e. The maximum atomic E-state index is 2.51. The van der Waals surface area contributed by atoms with Gasteiger partial charge in [-0.25, -0.2) is 0 Å². The molecule has 222 valence electrons. The minimum Gasteiger partial charge on any atom is -0.0910 e. The van der Waals surface area contributed by atoms with Gasteiger partial charge in [0.1, 0.15) is 0 Å². The molecule has 0 amide bonds. The quantitative estimate of drug-likeness (QED) is 0.0635. The largest absolute Gasteiger partial charge is 0.262 e. The lowest BCUT2D eigenvalue weighted by Gasteiger charge is -2.26. The molecule has 0 aromatic rings. The first-order valence-electron chi connectivity index (χ1n) is 18.1. The first-order chi connectivity index (χ1) is 18.1. The highest BCUT2D eigenvalue weighted by molar-refractivity contribution is 6.59. The van der Waals surface area contributed by atoms with E-state index in [0.717, 1.165) is 17.8 Å². The van der Waals surface area contributed by atoms with Gasteiger partial charge >= 0.3 is 0 Å². The fourth-order valence-corrected chi connectivity index (χ4v) is 11.9. The Morgan fingerprint density at radius 2 is 0.568 bits per heavy atom. The molecule has 3 atom stereocenters. The zero-order valence-electron chi connectivity index (χ0n) is 27.4. The number of rotatable bonds is 30. The maximum Gasteiger partial charge on any atom is 0.262 e. The Bertz CT molecular complexity index is 357. The number of unbranched alkanes of at least 4 members (excludes halogenated alkanes) is 15. The molecule has 0 saturated heterocycles. The molecule has 0 aliphatic carbocycles. The third-order valence-electron chi connectivity index (χ3n) is 9.63. The highest BCUT2D eigenvalue weighted by Crippen LogP contribution is 2.32. The topological polar surface area (TPSA) is 0 Å². The van der Waals surface area contributed by atoms with Gasteiger partial charge in [0, 0.05) is 0 Å². The minimum absolute atomic E-state index is 0.670. The highest BCUT2D eigenvalue weighted by atomic mass is 27.2. The highest BCUT2D eigenvalue weighted by Gasteiger charge is 2.27. The summed E-state index contributed by atoms with van der Waals surface area (Å²) in [5, 5.41) is 5.02. The number of hydrogen-bond donors (Lipinski definition) is 0. The Labute approximate surface area is 242 Å². The molecule has 0 rings (SSSR count). The van der Waals surface area contributed by atoms with Crippen molar-refractivity contribution >= 4 is 14.1 Å². The second kappa shape index (κ2) is 29.5. The van der Waals surface area contributed by atoms with E-state index in [1.165, 1.54) is 154 Å². The molecule has 0 radical (unpaired) electrons. The summed E-state index contributed by atoms with van der Waals surface area (Å²) >= 11 is -0.670. The lowest BCUT2D eigenvalue weighted by molar-refractivity contribution is 0.439. The van der Waals surface area contributed by atoms with Crippen LogP contribution in [0.25, 0.3) is 0 Å². The van der Waals surface area contributed by atoms with Crippen molar-refractivity contribution < 1.29 is 0 Å². The molecule has 0 aliphatic heterocycles. The van der Waals surface area contributed by atoms with Crippen molar-refractivity contribution in [3.05, 3.63) is 0 Å². The zero-order valence-corrected chi connectivity index (χ0v) is 28.6. The van der Waals surface area contributed by atoms with E-state index in [0.29, 0.717) is 0 Å². The molecule has 37 heavy (non-hydrogen) atoms. The van der Waals surface area contributed by atoms with E-state index in [9.17, 15) is 0 Å². The van der Waals surface area contributed by atoms with Gasteiger partial charge in [-0.3, -0.25) is 0 Å². The SMILES string of the molecule is CCCCCCCCC(CC)[CH2][Al]([CH2]C(CC)CCCCCCCC)[CH2]C(CC)CCCCCCCC. The van der Waals surface area contributed by atoms with Crippen LogP contribution in [0.15, 0.2) is 0 Å². The van der Waals surface area contributed by atoms with E-state index in [1.807, 2.05) is 0 Å². The molecule has 0 heterocycles. The van der Waals surface area contributed by atoms with Gasteiger partial charge in [0.05, 0.1) is 0 Å². The Hall–Kier alpha value is 0.532.